The molecule has 1 saturated carbocycles. The van der Waals surface area contributed by atoms with E-state index in [-0.39, 0.29) is 0 Å². The lowest BCUT2D eigenvalue weighted by Gasteiger charge is -2.40. The van der Waals surface area contributed by atoms with E-state index in [1.807, 2.05) is 6.07 Å². The van der Waals surface area contributed by atoms with Crippen molar-refractivity contribution < 1.29 is 9.52 Å². The third-order valence-electron chi connectivity index (χ3n) is 3.90. The normalized spacial score (nSPS) is 22.5. The van der Waals surface area contributed by atoms with E-state index in [9.17, 15) is 5.11 Å². The lowest BCUT2D eigenvalue weighted by atomic mass is 9.71. The first-order chi connectivity index (χ1) is 7.99. The van der Waals surface area contributed by atoms with Gasteiger partial charge in [-0.1, -0.05) is 13.8 Å². The predicted molar refractivity (Wildman–Crippen MR) is 67.6 cm³/mol. The summed E-state index contributed by atoms with van der Waals surface area (Å²) in [6.07, 6.45) is 7.43. The zero-order valence-electron chi connectivity index (χ0n) is 10.8. The Labute approximate surface area is 103 Å². The van der Waals surface area contributed by atoms with E-state index in [2.05, 4.69) is 19.2 Å². The first kappa shape index (κ1) is 12.7. The number of nitrogens with one attached hydrogen (secondary N) is 1. The zero-order valence-corrected chi connectivity index (χ0v) is 10.8. The van der Waals surface area contributed by atoms with Gasteiger partial charge in [-0.15, -0.1) is 0 Å². The summed E-state index contributed by atoms with van der Waals surface area (Å²) in [5.74, 6) is 0. The van der Waals surface area contributed by atoms with Crippen LogP contribution in [-0.2, 0) is 6.54 Å². The first-order valence-corrected chi connectivity index (χ1v) is 6.43. The molecule has 96 valence electrons. The van der Waals surface area contributed by atoms with Crippen LogP contribution in [0.4, 0.5) is 0 Å². The van der Waals surface area contributed by atoms with Crippen molar-refractivity contribution in [3.63, 3.8) is 0 Å². The van der Waals surface area contributed by atoms with Gasteiger partial charge in [-0.05, 0) is 37.2 Å². The number of aliphatic hydroxyl groups is 1. The predicted octanol–water partition coefficient (Wildman–Crippen LogP) is 2.70. The third kappa shape index (κ3) is 3.58. The zero-order chi connectivity index (χ0) is 12.4. The van der Waals surface area contributed by atoms with E-state index >= 15 is 0 Å². The number of rotatable bonds is 4. The minimum atomic E-state index is -0.515. The standard InChI is InChI=1S/C14H23NO2/c1-13(2)4-6-14(16,7-5-13)11-15-9-12-3-8-17-10-12/h3,8,10,15-16H,4-7,9,11H2,1-2H3. The molecule has 1 aliphatic carbocycles. The van der Waals surface area contributed by atoms with Crippen molar-refractivity contribution in [3.8, 4) is 0 Å². The molecule has 0 aliphatic heterocycles. The van der Waals surface area contributed by atoms with Crippen LogP contribution in [0.25, 0.3) is 0 Å². The van der Waals surface area contributed by atoms with Crippen LogP contribution in [0.2, 0.25) is 0 Å². The molecule has 17 heavy (non-hydrogen) atoms. The highest BCUT2D eigenvalue weighted by atomic mass is 16.3. The van der Waals surface area contributed by atoms with Gasteiger partial charge in [0.1, 0.15) is 0 Å². The molecule has 1 aliphatic rings. The number of furan rings is 1. The Morgan fingerprint density at radius 2 is 2.00 bits per heavy atom. The van der Waals surface area contributed by atoms with Crippen LogP contribution in [0.1, 0.15) is 45.1 Å². The van der Waals surface area contributed by atoms with E-state index in [4.69, 9.17) is 4.42 Å². The van der Waals surface area contributed by atoms with Crippen molar-refractivity contribution in [2.75, 3.05) is 6.54 Å². The molecule has 3 nitrogen and oxygen atoms in total. The minimum absolute atomic E-state index is 0.400. The molecule has 3 heteroatoms. The van der Waals surface area contributed by atoms with E-state index in [1.54, 1.807) is 12.5 Å². The van der Waals surface area contributed by atoms with Gasteiger partial charge in [-0.3, -0.25) is 0 Å². The Kier molecular flexibility index (Phi) is 3.59. The lowest BCUT2D eigenvalue weighted by Crippen LogP contribution is -2.44. The molecule has 2 rings (SSSR count). The molecule has 0 bridgehead atoms. The summed E-state index contributed by atoms with van der Waals surface area (Å²) < 4.78 is 5.01. The quantitative estimate of drug-likeness (QED) is 0.846. The highest BCUT2D eigenvalue weighted by Crippen LogP contribution is 2.39. The van der Waals surface area contributed by atoms with Gasteiger partial charge in [0, 0.05) is 18.7 Å². The van der Waals surface area contributed by atoms with Crippen LogP contribution < -0.4 is 5.32 Å². The summed E-state index contributed by atoms with van der Waals surface area (Å²) in [7, 11) is 0. The molecule has 1 aromatic rings. The molecular weight excluding hydrogens is 214 g/mol. The smallest absolute Gasteiger partial charge is 0.0947 e. The van der Waals surface area contributed by atoms with Gasteiger partial charge < -0.3 is 14.8 Å². The van der Waals surface area contributed by atoms with Gasteiger partial charge in [-0.25, -0.2) is 0 Å². The summed E-state index contributed by atoms with van der Waals surface area (Å²) in [4.78, 5) is 0. The SMILES string of the molecule is CC1(C)CCC(O)(CNCc2ccoc2)CC1. The summed E-state index contributed by atoms with van der Waals surface area (Å²) >= 11 is 0. The maximum atomic E-state index is 10.4. The topological polar surface area (TPSA) is 45.4 Å². The van der Waals surface area contributed by atoms with Crippen LogP contribution >= 0.6 is 0 Å². The Bertz CT molecular complexity index is 333. The molecule has 0 radical (unpaired) electrons. The van der Waals surface area contributed by atoms with Gasteiger partial charge in [-0.2, -0.15) is 0 Å². The van der Waals surface area contributed by atoms with Crippen molar-refractivity contribution in [2.24, 2.45) is 5.41 Å². The minimum Gasteiger partial charge on any atom is -0.472 e. The van der Waals surface area contributed by atoms with Crippen molar-refractivity contribution in [3.05, 3.63) is 24.2 Å². The molecule has 0 saturated heterocycles. The fourth-order valence-electron chi connectivity index (χ4n) is 2.40. The van der Waals surface area contributed by atoms with E-state index in [1.165, 1.54) is 0 Å². The molecule has 2 N–H and O–H groups in total. The second-order valence-electron chi connectivity index (χ2n) is 6.12. The van der Waals surface area contributed by atoms with Crippen LogP contribution in [0.3, 0.4) is 0 Å². The van der Waals surface area contributed by atoms with Gasteiger partial charge in [0.2, 0.25) is 0 Å². The van der Waals surface area contributed by atoms with Gasteiger partial charge >= 0.3 is 0 Å². The number of hydrogen-bond acceptors (Lipinski definition) is 3. The Hall–Kier alpha value is -0.800. The van der Waals surface area contributed by atoms with Crippen LogP contribution in [0.5, 0.6) is 0 Å². The van der Waals surface area contributed by atoms with Crippen LogP contribution in [0.15, 0.2) is 23.0 Å². The highest BCUT2D eigenvalue weighted by molar-refractivity contribution is 5.04. The van der Waals surface area contributed by atoms with Crippen molar-refractivity contribution in [2.45, 2.75) is 51.7 Å². The second kappa shape index (κ2) is 4.83. The summed E-state index contributed by atoms with van der Waals surface area (Å²) in [5, 5.41) is 13.8. The fraction of sp³-hybridized carbons (Fsp3) is 0.714. The maximum absolute atomic E-state index is 10.4. The Morgan fingerprint density at radius 3 is 2.59 bits per heavy atom. The van der Waals surface area contributed by atoms with Crippen molar-refractivity contribution in [1.82, 2.24) is 5.32 Å². The molecular formula is C14H23NO2. The van der Waals surface area contributed by atoms with Gasteiger partial charge in [0.05, 0.1) is 18.1 Å². The Balaban J connectivity index is 1.75. The van der Waals surface area contributed by atoms with Gasteiger partial charge in [0.15, 0.2) is 0 Å². The lowest BCUT2D eigenvalue weighted by molar-refractivity contribution is -0.0245. The van der Waals surface area contributed by atoms with Crippen LogP contribution in [-0.4, -0.2) is 17.3 Å². The summed E-state index contributed by atoms with van der Waals surface area (Å²) in [6.45, 7) is 6.01. The molecule has 0 amide bonds. The average molecular weight is 237 g/mol. The van der Waals surface area contributed by atoms with Crippen LogP contribution in [0, 0.1) is 5.41 Å². The highest BCUT2D eigenvalue weighted by Gasteiger charge is 2.36. The molecule has 0 aromatic carbocycles. The third-order valence-corrected chi connectivity index (χ3v) is 3.90. The maximum Gasteiger partial charge on any atom is 0.0947 e. The monoisotopic (exact) mass is 237 g/mol. The molecule has 1 heterocycles. The summed E-state index contributed by atoms with van der Waals surface area (Å²) in [6, 6.07) is 1.95. The second-order valence-corrected chi connectivity index (χ2v) is 6.12. The molecule has 0 spiro atoms. The molecule has 1 fully saturated rings. The van der Waals surface area contributed by atoms with E-state index in [0.29, 0.717) is 12.0 Å². The summed E-state index contributed by atoms with van der Waals surface area (Å²) in [5.41, 5.74) is 1.01. The molecule has 0 unspecified atom stereocenters. The molecule has 0 atom stereocenters. The van der Waals surface area contributed by atoms with E-state index < -0.39 is 5.60 Å². The van der Waals surface area contributed by atoms with Crippen molar-refractivity contribution in [1.29, 1.82) is 0 Å². The average Bonchev–Trinajstić information content (AvgIpc) is 2.77. The largest absolute Gasteiger partial charge is 0.472 e. The fourth-order valence-corrected chi connectivity index (χ4v) is 2.40. The van der Waals surface area contributed by atoms with Gasteiger partial charge in [0.25, 0.3) is 0 Å². The van der Waals surface area contributed by atoms with Crippen molar-refractivity contribution >= 4 is 0 Å². The Morgan fingerprint density at radius 1 is 1.29 bits per heavy atom. The number of hydrogen-bond donors (Lipinski definition) is 2. The van der Waals surface area contributed by atoms with E-state index in [0.717, 1.165) is 37.8 Å². The first-order valence-electron chi connectivity index (χ1n) is 6.43. The molecule has 1 aromatic heterocycles.